The molecule has 0 aromatic heterocycles. The first-order valence-corrected chi connectivity index (χ1v) is 29.1. The first kappa shape index (κ1) is 63.5. The van der Waals surface area contributed by atoms with Crippen LogP contribution in [0.5, 0.6) is 0 Å². The lowest BCUT2D eigenvalue weighted by atomic mass is 10.1. The maximum Gasteiger partial charge on any atom is 0.236 e. The second-order valence-corrected chi connectivity index (χ2v) is 20.0. The van der Waals surface area contributed by atoms with Crippen LogP contribution in [0.15, 0.2) is 0 Å². The highest BCUT2D eigenvalue weighted by Gasteiger charge is 2.19. The zero-order valence-corrected chi connectivity index (χ0v) is 44.5. The molecule has 8 nitrogen and oxygen atoms in total. The molecule has 0 aliphatic rings. The van der Waals surface area contributed by atoms with Gasteiger partial charge in [0.05, 0.1) is 6.54 Å². The SMILES string of the molecule is CCCCCCCCCCCCCCN(CCCCCC=O)CCCN(CCNC=O)C(=O)CN(CCCCCCCCC)CCN(CCCCCCCCC)CCCCCCCCC. The number of carbonyl (C=O) groups excluding carboxylic acids is 3. The van der Waals surface area contributed by atoms with Crippen LogP contribution in [-0.2, 0) is 14.4 Å². The summed E-state index contributed by atoms with van der Waals surface area (Å²) in [4.78, 5) is 46.4. The van der Waals surface area contributed by atoms with Gasteiger partial charge in [0, 0.05) is 39.1 Å². The Balaban J connectivity index is 5.53. The number of nitrogens with one attached hydrogen (secondary N) is 1. The monoisotopic (exact) mass is 918 g/mol. The Bertz CT molecular complexity index is 951. The minimum absolute atomic E-state index is 0.215. The molecule has 2 amide bonds. The second-order valence-electron chi connectivity index (χ2n) is 20.0. The summed E-state index contributed by atoms with van der Waals surface area (Å²) in [7, 11) is 0. The van der Waals surface area contributed by atoms with Gasteiger partial charge in [0.15, 0.2) is 0 Å². The van der Waals surface area contributed by atoms with Crippen LogP contribution in [0.25, 0.3) is 0 Å². The fourth-order valence-corrected chi connectivity index (χ4v) is 9.41. The van der Waals surface area contributed by atoms with Gasteiger partial charge in [-0.25, -0.2) is 0 Å². The molecule has 386 valence electrons. The summed E-state index contributed by atoms with van der Waals surface area (Å²) in [5.74, 6) is 0.215. The van der Waals surface area contributed by atoms with Crippen LogP contribution in [-0.4, -0.2) is 117 Å². The molecular weight excluding hydrogens is 803 g/mol. The van der Waals surface area contributed by atoms with Crippen LogP contribution in [0, 0.1) is 0 Å². The summed E-state index contributed by atoms with van der Waals surface area (Å²) in [5, 5.41) is 2.85. The molecule has 0 aliphatic heterocycles. The lowest BCUT2D eigenvalue weighted by molar-refractivity contribution is -0.132. The standard InChI is InChI=1S/C57H115N5O3/c1-5-9-13-17-21-22-23-24-25-29-32-36-44-59(45-39-34-35-41-54-63)49-42-50-62(51-43-58-56-64)57(65)55-61(48-40-33-28-20-16-12-8-4)53-52-60(46-37-30-26-18-14-10-6-2)47-38-31-27-19-15-11-7-3/h54,56H,5-53,55H2,1-4H3,(H,58,64). The van der Waals surface area contributed by atoms with Gasteiger partial charge < -0.3 is 24.8 Å². The highest BCUT2D eigenvalue weighted by Crippen LogP contribution is 2.15. The van der Waals surface area contributed by atoms with Gasteiger partial charge in [-0.1, -0.05) is 220 Å². The molecule has 0 aromatic rings. The van der Waals surface area contributed by atoms with Crippen LogP contribution in [0.2, 0.25) is 0 Å². The maximum absolute atomic E-state index is 14.3. The number of unbranched alkanes of at least 4 members (excludes halogenated alkanes) is 32. The molecule has 0 bridgehead atoms. The first-order valence-electron chi connectivity index (χ1n) is 29.1. The van der Waals surface area contributed by atoms with Gasteiger partial charge in [-0.05, 0) is 84.2 Å². The van der Waals surface area contributed by atoms with Crippen LogP contribution in [0.1, 0.15) is 272 Å². The lowest BCUT2D eigenvalue weighted by Gasteiger charge is -2.31. The average molecular weight is 919 g/mol. The Labute approximate surface area is 406 Å². The molecule has 0 heterocycles. The quantitative estimate of drug-likeness (QED) is 0.0484. The van der Waals surface area contributed by atoms with Crippen molar-refractivity contribution in [2.45, 2.75) is 272 Å². The Morgan fingerprint density at radius 2 is 0.646 bits per heavy atom. The Morgan fingerprint density at radius 1 is 0.338 bits per heavy atom. The number of carbonyl (C=O) groups is 3. The van der Waals surface area contributed by atoms with Crippen molar-refractivity contribution in [3.05, 3.63) is 0 Å². The predicted octanol–water partition coefficient (Wildman–Crippen LogP) is 14.6. The van der Waals surface area contributed by atoms with Gasteiger partial charge in [-0.3, -0.25) is 14.5 Å². The van der Waals surface area contributed by atoms with Crippen molar-refractivity contribution in [1.82, 2.24) is 24.9 Å². The van der Waals surface area contributed by atoms with Crippen molar-refractivity contribution in [2.75, 3.05) is 78.5 Å². The van der Waals surface area contributed by atoms with Crippen LogP contribution in [0.4, 0.5) is 0 Å². The molecule has 0 rings (SSSR count). The number of hydrogen-bond acceptors (Lipinski definition) is 6. The molecule has 0 aliphatic carbocycles. The van der Waals surface area contributed by atoms with E-state index in [1.165, 1.54) is 219 Å². The molecule has 8 heteroatoms. The Kier molecular flexibility index (Phi) is 52.2. The van der Waals surface area contributed by atoms with Crippen molar-refractivity contribution < 1.29 is 14.4 Å². The summed E-state index contributed by atoms with van der Waals surface area (Å²) in [6, 6.07) is 0. The van der Waals surface area contributed by atoms with E-state index in [-0.39, 0.29) is 5.91 Å². The predicted molar refractivity (Wildman–Crippen MR) is 284 cm³/mol. The lowest BCUT2D eigenvalue weighted by Crippen LogP contribution is -2.46. The van der Waals surface area contributed by atoms with Crippen molar-refractivity contribution >= 4 is 18.6 Å². The summed E-state index contributed by atoms with van der Waals surface area (Å²) in [6.45, 7) is 20.0. The normalized spacial score (nSPS) is 11.7. The number of rotatable bonds is 56. The molecule has 0 saturated carbocycles. The van der Waals surface area contributed by atoms with Gasteiger partial charge >= 0.3 is 0 Å². The fraction of sp³-hybridized carbons (Fsp3) is 0.947. The molecule has 0 radical (unpaired) electrons. The van der Waals surface area contributed by atoms with Crippen molar-refractivity contribution in [3.63, 3.8) is 0 Å². The van der Waals surface area contributed by atoms with Gasteiger partial charge in [-0.2, -0.15) is 0 Å². The van der Waals surface area contributed by atoms with E-state index in [4.69, 9.17) is 0 Å². The third-order valence-corrected chi connectivity index (χ3v) is 13.8. The van der Waals surface area contributed by atoms with Gasteiger partial charge in [-0.15, -0.1) is 0 Å². The Hall–Kier alpha value is -1.51. The molecule has 1 N–H and O–H groups in total. The summed E-state index contributed by atoms with van der Waals surface area (Å²) >= 11 is 0. The zero-order chi connectivity index (χ0) is 47.4. The topological polar surface area (TPSA) is 76.2 Å². The number of aldehydes is 1. The molecule has 0 atom stereocenters. The minimum Gasteiger partial charge on any atom is -0.357 e. The van der Waals surface area contributed by atoms with E-state index in [0.717, 1.165) is 90.6 Å². The van der Waals surface area contributed by atoms with E-state index >= 15 is 0 Å². The number of amides is 2. The third-order valence-electron chi connectivity index (χ3n) is 13.8. The van der Waals surface area contributed by atoms with Crippen LogP contribution in [0.3, 0.4) is 0 Å². The largest absolute Gasteiger partial charge is 0.357 e. The van der Waals surface area contributed by atoms with E-state index in [9.17, 15) is 14.4 Å². The molecular formula is C57H115N5O3. The van der Waals surface area contributed by atoms with E-state index in [1.54, 1.807) is 0 Å². The zero-order valence-electron chi connectivity index (χ0n) is 44.5. The maximum atomic E-state index is 14.3. The smallest absolute Gasteiger partial charge is 0.236 e. The van der Waals surface area contributed by atoms with Crippen molar-refractivity contribution in [1.29, 1.82) is 0 Å². The highest BCUT2D eigenvalue weighted by molar-refractivity contribution is 5.78. The minimum atomic E-state index is 0.215. The average Bonchev–Trinajstić information content (AvgIpc) is 3.31. The van der Waals surface area contributed by atoms with E-state index in [2.05, 4.69) is 52.6 Å². The van der Waals surface area contributed by atoms with Crippen molar-refractivity contribution in [3.8, 4) is 0 Å². The van der Waals surface area contributed by atoms with E-state index < -0.39 is 0 Å². The van der Waals surface area contributed by atoms with E-state index in [1.807, 2.05) is 0 Å². The third kappa shape index (κ3) is 46.0. The molecule has 0 unspecified atom stereocenters. The first-order chi connectivity index (χ1) is 32.1. The van der Waals surface area contributed by atoms with Crippen LogP contribution >= 0.6 is 0 Å². The molecule has 0 aromatic carbocycles. The number of hydrogen-bond donors (Lipinski definition) is 1. The van der Waals surface area contributed by atoms with Gasteiger partial charge in [0.2, 0.25) is 12.3 Å². The summed E-state index contributed by atoms with van der Waals surface area (Å²) in [6.07, 6.45) is 50.7. The number of nitrogens with zero attached hydrogens (tertiary/aromatic N) is 4. The van der Waals surface area contributed by atoms with Gasteiger partial charge in [0.1, 0.15) is 6.29 Å². The molecule has 0 fully saturated rings. The summed E-state index contributed by atoms with van der Waals surface area (Å²) in [5.41, 5.74) is 0. The van der Waals surface area contributed by atoms with Crippen LogP contribution < -0.4 is 5.32 Å². The van der Waals surface area contributed by atoms with Gasteiger partial charge in [0.25, 0.3) is 0 Å². The molecule has 0 spiro atoms. The molecule has 0 saturated heterocycles. The van der Waals surface area contributed by atoms with Crippen molar-refractivity contribution in [2.24, 2.45) is 0 Å². The highest BCUT2D eigenvalue weighted by atomic mass is 16.2. The molecule has 65 heavy (non-hydrogen) atoms. The second kappa shape index (κ2) is 53.4. The van der Waals surface area contributed by atoms with E-state index in [0.29, 0.717) is 26.1 Å². The fourth-order valence-electron chi connectivity index (χ4n) is 9.41. The summed E-state index contributed by atoms with van der Waals surface area (Å²) < 4.78 is 0. The Morgan fingerprint density at radius 3 is 1.02 bits per heavy atom.